The maximum Gasteiger partial charge on any atom is 0.232 e. The van der Waals surface area contributed by atoms with E-state index in [-0.39, 0.29) is 12.1 Å². The Morgan fingerprint density at radius 2 is 1.90 bits per heavy atom. The standard InChI is InChI=1S/C22H26N6O/c1-16-24-8-9-28(16)20-10-17-13-27(15-19-4-2-3-5-25-19)14-18(17)11-21(20)29-22-12-23-6-7-26-22/h2-9,12,17-18,20-21H,10-11,13-15H2,1H3/t17-,18+,20-,21-/m0/s1. The Labute approximate surface area is 170 Å². The number of pyridine rings is 1. The molecule has 1 saturated carbocycles. The highest BCUT2D eigenvalue weighted by Crippen LogP contribution is 2.43. The first-order valence-electron chi connectivity index (χ1n) is 10.3. The van der Waals surface area contributed by atoms with Crippen LogP contribution in [0.1, 0.15) is 30.4 Å². The third kappa shape index (κ3) is 3.87. The molecule has 7 nitrogen and oxygen atoms in total. The first-order valence-corrected chi connectivity index (χ1v) is 10.3. The van der Waals surface area contributed by atoms with Gasteiger partial charge in [-0.1, -0.05) is 6.07 Å². The minimum Gasteiger partial charge on any atom is -0.471 e. The summed E-state index contributed by atoms with van der Waals surface area (Å²) in [6, 6.07) is 6.41. The molecule has 1 aliphatic heterocycles. The largest absolute Gasteiger partial charge is 0.471 e. The van der Waals surface area contributed by atoms with E-state index in [4.69, 9.17) is 4.74 Å². The van der Waals surface area contributed by atoms with Crippen molar-refractivity contribution in [1.29, 1.82) is 0 Å². The van der Waals surface area contributed by atoms with Gasteiger partial charge in [-0.05, 0) is 43.7 Å². The van der Waals surface area contributed by atoms with E-state index in [9.17, 15) is 0 Å². The Morgan fingerprint density at radius 3 is 2.62 bits per heavy atom. The van der Waals surface area contributed by atoms with Crippen molar-refractivity contribution in [3.8, 4) is 5.88 Å². The summed E-state index contributed by atoms with van der Waals surface area (Å²) in [6.45, 7) is 5.19. The molecule has 0 spiro atoms. The smallest absolute Gasteiger partial charge is 0.232 e. The van der Waals surface area contributed by atoms with Crippen LogP contribution in [0.15, 0.2) is 55.4 Å². The van der Waals surface area contributed by atoms with Crippen molar-refractivity contribution in [3.63, 3.8) is 0 Å². The zero-order valence-electron chi connectivity index (χ0n) is 16.6. The van der Waals surface area contributed by atoms with Crippen molar-refractivity contribution >= 4 is 0 Å². The highest BCUT2D eigenvalue weighted by molar-refractivity contribution is 5.08. The van der Waals surface area contributed by atoms with Gasteiger partial charge in [-0.3, -0.25) is 14.9 Å². The maximum atomic E-state index is 6.36. The number of fused-ring (bicyclic) bond motifs is 1. The normalized spacial score (nSPS) is 26.9. The molecule has 3 aromatic rings. The number of imidazole rings is 1. The van der Waals surface area contributed by atoms with E-state index in [0.717, 1.165) is 44.0 Å². The molecule has 0 radical (unpaired) electrons. The number of aromatic nitrogens is 5. The molecule has 4 atom stereocenters. The lowest BCUT2D eigenvalue weighted by atomic mass is 9.77. The first kappa shape index (κ1) is 18.2. The van der Waals surface area contributed by atoms with Crippen LogP contribution in [0.2, 0.25) is 0 Å². The summed E-state index contributed by atoms with van der Waals surface area (Å²) in [7, 11) is 0. The Morgan fingerprint density at radius 1 is 1.00 bits per heavy atom. The Kier molecular flexibility index (Phi) is 4.97. The topological polar surface area (TPSA) is 69.0 Å². The molecule has 1 saturated heterocycles. The van der Waals surface area contributed by atoms with Gasteiger partial charge in [-0.15, -0.1) is 0 Å². The molecule has 7 heteroatoms. The molecular formula is C22H26N6O. The van der Waals surface area contributed by atoms with Crippen LogP contribution in [0.4, 0.5) is 0 Å². The Hall–Kier alpha value is -2.80. The predicted octanol–water partition coefficient (Wildman–Crippen LogP) is 2.91. The van der Waals surface area contributed by atoms with Crippen molar-refractivity contribution in [2.45, 2.75) is 38.5 Å². The first-order chi connectivity index (χ1) is 14.3. The van der Waals surface area contributed by atoms with Crippen molar-refractivity contribution in [2.24, 2.45) is 11.8 Å². The Balaban J connectivity index is 1.35. The molecule has 2 fully saturated rings. The monoisotopic (exact) mass is 390 g/mol. The molecule has 5 rings (SSSR count). The van der Waals surface area contributed by atoms with E-state index in [1.807, 2.05) is 18.5 Å². The second-order valence-electron chi connectivity index (χ2n) is 8.16. The summed E-state index contributed by atoms with van der Waals surface area (Å²) in [4.78, 5) is 20.0. The average molecular weight is 390 g/mol. The number of hydrogen-bond acceptors (Lipinski definition) is 6. The summed E-state index contributed by atoms with van der Waals surface area (Å²) in [6.07, 6.45) is 13.1. The SMILES string of the molecule is Cc1nccn1[C@H]1C[C@H]2CN(Cc3ccccn3)C[C@H]2C[C@@H]1Oc1cnccn1. The zero-order valence-corrected chi connectivity index (χ0v) is 16.6. The number of aryl methyl sites for hydroxylation is 1. The van der Waals surface area contributed by atoms with Gasteiger partial charge >= 0.3 is 0 Å². The van der Waals surface area contributed by atoms with E-state index >= 15 is 0 Å². The summed E-state index contributed by atoms with van der Waals surface area (Å²) in [5.74, 6) is 2.92. The zero-order chi connectivity index (χ0) is 19.6. The van der Waals surface area contributed by atoms with E-state index < -0.39 is 0 Å². The van der Waals surface area contributed by atoms with Crippen LogP contribution in [0.5, 0.6) is 5.88 Å². The van der Waals surface area contributed by atoms with Crippen LogP contribution in [0.25, 0.3) is 0 Å². The molecule has 0 unspecified atom stereocenters. The molecule has 2 aliphatic rings. The highest BCUT2D eigenvalue weighted by Gasteiger charge is 2.44. The van der Waals surface area contributed by atoms with E-state index in [1.54, 1.807) is 18.6 Å². The van der Waals surface area contributed by atoms with Crippen molar-refractivity contribution in [1.82, 2.24) is 29.4 Å². The molecule has 150 valence electrons. The molecule has 0 aromatic carbocycles. The lowest BCUT2D eigenvalue weighted by molar-refractivity contribution is 0.0501. The molecule has 0 N–H and O–H groups in total. The van der Waals surface area contributed by atoms with Gasteiger partial charge in [0.1, 0.15) is 11.9 Å². The summed E-state index contributed by atoms with van der Waals surface area (Å²) in [5, 5.41) is 0. The fraction of sp³-hybridized carbons (Fsp3) is 0.455. The van der Waals surface area contributed by atoms with Gasteiger partial charge in [0.2, 0.25) is 5.88 Å². The minimum absolute atomic E-state index is 0.0654. The van der Waals surface area contributed by atoms with Crippen LogP contribution < -0.4 is 4.74 Å². The maximum absolute atomic E-state index is 6.36. The number of rotatable bonds is 5. The second-order valence-corrected chi connectivity index (χ2v) is 8.16. The summed E-state index contributed by atoms with van der Waals surface area (Å²) < 4.78 is 8.63. The van der Waals surface area contributed by atoms with E-state index in [2.05, 4.69) is 54.7 Å². The second kappa shape index (κ2) is 7.91. The molecule has 29 heavy (non-hydrogen) atoms. The molecular weight excluding hydrogens is 364 g/mol. The fourth-order valence-electron chi connectivity index (χ4n) is 5.00. The van der Waals surface area contributed by atoms with Crippen LogP contribution in [-0.2, 0) is 6.54 Å². The predicted molar refractivity (Wildman–Crippen MR) is 108 cm³/mol. The highest BCUT2D eigenvalue weighted by atomic mass is 16.5. The van der Waals surface area contributed by atoms with Crippen LogP contribution >= 0.6 is 0 Å². The van der Waals surface area contributed by atoms with Gasteiger partial charge in [-0.25, -0.2) is 9.97 Å². The fourth-order valence-corrected chi connectivity index (χ4v) is 5.00. The molecule has 0 amide bonds. The van der Waals surface area contributed by atoms with E-state index in [1.165, 1.54) is 0 Å². The van der Waals surface area contributed by atoms with Gasteiger partial charge in [-0.2, -0.15) is 0 Å². The Bertz CT molecular complexity index is 931. The van der Waals surface area contributed by atoms with Gasteiger partial charge in [0, 0.05) is 50.6 Å². The van der Waals surface area contributed by atoms with Gasteiger partial charge < -0.3 is 9.30 Å². The lowest BCUT2D eigenvalue weighted by Crippen LogP contribution is -2.40. The van der Waals surface area contributed by atoms with Crippen LogP contribution in [0, 0.1) is 18.8 Å². The molecule has 1 aliphatic carbocycles. The summed E-state index contributed by atoms with van der Waals surface area (Å²) in [5.41, 5.74) is 1.14. The minimum atomic E-state index is 0.0654. The molecule has 4 heterocycles. The van der Waals surface area contributed by atoms with Gasteiger partial charge in [0.15, 0.2) is 0 Å². The van der Waals surface area contributed by atoms with Crippen molar-refractivity contribution in [3.05, 3.63) is 66.9 Å². The third-order valence-electron chi connectivity index (χ3n) is 6.30. The van der Waals surface area contributed by atoms with Crippen LogP contribution in [-0.4, -0.2) is 48.6 Å². The molecule has 3 aromatic heterocycles. The van der Waals surface area contributed by atoms with Gasteiger partial charge in [0.25, 0.3) is 0 Å². The number of nitrogens with zero attached hydrogens (tertiary/aromatic N) is 6. The average Bonchev–Trinajstić information content (AvgIpc) is 3.34. The number of ether oxygens (including phenoxy) is 1. The quantitative estimate of drug-likeness (QED) is 0.667. The van der Waals surface area contributed by atoms with Crippen molar-refractivity contribution < 1.29 is 4.74 Å². The number of hydrogen-bond donors (Lipinski definition) is 0. The van der Waals surface area contributed by atoms with E-state index in [0.29, 0.717) is 17.7 Å². The third-order valence-corrected chi connectivity index (χ3v) is 6.30. The summed E-state index contributed by atoms with van der Waals surface area (Å²) >= 11 is 0. The van der Waals surface area contributed by atoms with Crippen molar-refractivity contribution in [2.75, 3.05) is 13.1 Å². The number of likely N-dealkylation sites (tertiary alicyclic amines) is 1. The van der Waals surface area contributed by atoms with Crippen LogP contribution in [0.3, 0.4) is 0 Å². The lowest BCUT2D eigenvalue weighted by Gasteiger charge is -2.38. The molecule has 0 bridgehead atoms. The van der Waals surface area contributed by atoms with Gasteiger partial charge in [0.05, 0.1) is 17.9 Å².